The highest BCUT2D eigenvalue weighted by atomic mass is 32.2. The molecule has 4 nitrogen and oxygen atoms in total. The average molecular weight is 252 g/mol. The van der Waals surface area contributed by atoms with E-state index in [2.05, 4.69) is 20.6 Å². The summed E-state index contributed by atoms with van der Waals surface area (Å²) in [6, 6.07) is 0.553. The number of aromatic nitrogens is 2. The van der Waals surface area contributed by atoms with E-state index in [-0.39, 0.29) is 0 Å². The van der Waals surface area contributed by atoms with Crippen LogP contribution in [0.1, 0.15) is 25.3 Å². The Morgan fingerprint density at radius 3 is 3.12 bits per heavy atom. The van der Waals surface area contributed by atoms with Crippen LogP contribution in [0.5, 0.6) is 0 Å². The maximum absolute atomic E-state index is 4.51. The van der Waals surface area contributed by atoms with E-state index in [1.807, 2.05) is 31.8 Å². The van der Waals surface area contributed by atoms with Gasteiger partial charge in [0, 0.05) is 30.1 Å². The van der Waals surface area contributed by atoms with Crippen molar-refractivity contribution in [3.63, 3.8) is 0 Å². The molecule has 5 heteroatoms. The molecule has 0 spiro atoms. The molecule has 0 amide bonds. The highest BCUT2D eigenvalue weighted by Crippen LogP contribution is 2.21. The summed E-state index contributed by atoms with van der Waals surface area (Å²) in [6.07, 6.45) is 4.42. The number of nitrogens with zero attached hydrogens (tertiary/aromatic N) is 2. The van der Waals surface area contributed by atoms with Crippen molar-refractivity contribution in [2.45, 2.75) is 32.7 Å². The number of nitrogens with one attached hydrogen (secondary N) is 2. The maximum atomic E-state index is 4.51. The number of hydrogen-bond donors (Lipinski definition) is 2. The van der Waals surface area contributed by atoms with Gasteiger partial charge < -0.3 is 10.6 Å². The van der Waals surface area contributed by atoms with E-state index in [1.54, 1.807) is 0 Å². The predicted molar refractivity (Wildman–Crippen MR) is 74.9 cm³/mol. The van der Waals surface area contributed by atoms with Gasteiger partial charge >= 0.3 is 0 Å². The van der Waals surface area contributed by atoms with Crippen molar-refractivity contribution in [3.8, 4) is 0 Å². The molecule has 1 unspecified atom stereocenters. The molecule has 0 bridgehead atoms. The summed E-state index contributed by atoms with van der Waals surface area (Å²) in [6.45, 7) is 4.95. The fourth-order valence-electron chi connectivity index (χ4n) is 1.88. The molecule has 1 fully saturated rings. The van der Waals surface area contributed by atoms with Crippen molar-refractivity contribution in [2.24, 2.45) is 0 Å². The molecule has 0 saturated carbocycles. The van der Waals surface area contributed by atoms with Gasteiger partial charge in [-0.05, 0) is 32.4 Å². The lowest BCUT2D eigenvalue weighted by Crippen LogP contribution is -2.26. The van der Waals surface area contributed by atoms with Gasteiger partial charge in [0.15, 0.2) is 0 Å². The van der Waals surface area contributed by atoms with Crippen LogP contribution in [0.4, 0.5) is 11.8 Å². The lowest BCUT2D eigenvalue weighted by Gasteiger charge is -2.23. The fraction of sp³-hybridized carbons (Fsp3) is 0.667. The van der Waals surface area contributed by atoms with E-state index in [4.69, 9.17) is 0 Å². The molecular weight excluding hydrogens is 232 g/mol. The van der Waals surface area contributed by atoms with Crippen molar-refractivity contribution in [3.05, 3.63) is 11.8 Å². The molecule has 1 aromatic heterocycles. The van der Waals surface area contributed by atoms with E-state index >= 15 is 0 Å². The molecule has 2 N–H and O–H groups in total. The fourth-order valence-corrected chi connectivity index (χ4v) is 2.95. The van der Waals surface area contributed by atoms with Crippen LogP contribution in [0.2, 0.25) is 0 Å². The minimum Gasteiger partial charge on any atom is -0.366 e. The zero-order valence-electron chi connectivity index (χ0n) is 10.5. The third-order valence-electron chi connectivity index (χ3n) is 2.81. The number of hydrogen-bond acceptors (Lipinski definition) is 5. The molecule has 1 aliphatic heterocycles. The van der Waals surface area contributed by atoms with E-state index in [9.17, 15) is 0 Å². The van der Waals surface area contributed by atoms with Crippen LogP contribution in [-0.2, 0) is 0 Å². The van der Waals surface area contributed by atoms with Crippen molar-refractivity contribution in [2.75, 3.05) is 28.7 Å². The van der Waals surface area contributed by atoms with Crippen LogP contribution < -0.4 is 10.6 Å². The molecule has 1 aromatic rings. The first-order valence-electron chi connectivity index (χ1n) is 6.21. The Morgan fingerprint density at radius 2 is 2.41 bits per heavy atom. The highest BCUT2D eigenvalue weighted by molar-refractivity contribution is 7.99. The van der Waals surface area contributed by atoms with E-state index in [0.29, 0.717) is 12.0 Å². The summed E-state index contributed by atoms with van der Waals surface area (Å²) in [5.41, 5.74) is 1.11. The second-order valence-corrected chi connectivity index (χ2v) is 5.46. The molecule has 17 heavy (non-hydrogen) atoms. The maximum Gasteiger partial charge on any atom is 0.224 e. The van der Waals surface area contributed by atoms with Crippen molar-refractivity contribution in [1.29, 1.82) is 0 Å². The normalized spacial score (nSPS) is 20.0. The number of thioether (sulfide) groups is 1. The number of aryl methyl sites for hydroxylation is 1. The summed E-state index contributed by atoms with van der Waals surface area (Å²) in [4.78, 5) is 8.77. The topological polar surface area (TPSA) is 49.8 Å². The summed E-state index contributed by atoms with van der Waals surface area (Å²) in [7, 11) is 0. The quantitative estimate of drug-likeness (QED) is 0.862. The summed E-state index contributed by atoms with van der Waals surface area (Å²) >= 11 is 2.02. The minimum atomic E-state index is 0.553. The van der Waals surface area contributed by atoms with Crippen molar-refractivity contribution in [1.82, 2.24) is 9.97 Å². The largest absolute Gasteiger partial charge is 0.366 e. The Hall–Kier alpha value is -0.970. The second kappa shape index (κ2) is 6.10. The number of rotatable bonds is 4. The smallest absolute Gasteiger partial charge is 0.224 e. The molecule has 1 aliphatic rings. The standard InChI is InChI=1S/C12H20N4S/c1-3-13-12-14-7-9(2)11(16-12)15-10-5-4-6-17-8-10/h7,10H,3-6,8H2,1-2H3,(H2,13,14,15,16). The molecular formula is C12H20N4S. The van der Waals surface area contributed by atoms with Gasteiger partial charge in [0.25, 0.3) is 0 Å². The summed E-state index contributed by atoms with van der Waals surface area (Å²) in [5.74, 6) is 4.16. The van der Waals surface area contributed by atoms with Crippen LogP contribution in [0.25, 0.3) is 0 Å². The molecule has 0 aromatic carbocycles. The monoisotopic (exact) mass is 252 g/mol. The lowest BCUT2D eigenvalue weighted by molar-refractivity contribution is 0.681. The van der Waals surface area contributed by atoms with Crippen LogP contribution >= 0.6 is 11.8 Å². The zero-order valence-corrected chi connectivity index (χ0v) is 11.3. The Bertz CT molecular complexity index is 364. The first-order valence-corrected chi connectivity index (χ1v) is 7.37. The van der Waals surface area contributed by atoms with Crippen molar-refractivity contribution < 1.29 is 0 Å². The highest BCUT2D eigenvalue weighted by Gasteiger charge is 2.15. The van der Waals surface area contributed by atoms with Crippen LogP contribution in [-0.4, -0.2) is 34.1 Å². The average Bonchev–Trinajstić information content (AvgIpc) is 2.35. The van der Waals surface area contributed by atoms with Crippen molar-refractivity contribution >= 4 is 23.5 Å². The molecule has 94 valence electrons. The molecule has 0 aliphatic carbocycles. The Kier molecular flexibility index (Phi) is 4.48. The van der Waals surface area contributed by atoms with Gasteiger partial charge in [0.1, 0.15) is 5.82 Å². The summed E-state index contributed by atoms with van der Waals surface area (Å²) in [5, 5.41) is 6.68. The van der Waals surface area contributed by atoms with Crippen LogP contribution in [0.15, 0.2) is 6.20 Å². The molecule has 2 heterocycles. The van der Waals surface area contributed by atoms with Crippen LogP contribution in [0, 0.1) is 6.92 Å². The minimum absolute atomic E-state index is 0.553. The Balaban J connectivity index is 2.04. The van der Waals surface area contributed by atoms with Gasteiger partial charge in [-0.15, -0.1) is 0 Å². The third-order valence-corrected chi connectivity index (χ3v) is 4.02. The number of anilines is 2. The Morgan fingerprint density at radius 1 is 1.53 bits per heavy atom. The van der Waals surface area contributed by atoms with Gasteiger partial charge in [-0.3, -0.25) is 0 Å². The van der Waals surface area contributed by atoms with E-state index < -0.39 is 0 Å². The molecule has 1 atom stereocenters. The first-order chi connectivity index (χ1) is 8.29. The lowest BCUT2D eigenvalue weighted by atomic mass is 10.2. The van der Waals surface area contributed by atoms with Gasteiger partial charge in [0.05, 0.1) is 0 Å². The van der Waals surface area contributed by atoms with E-state index in [1.165, 1.54) is 24.3 Å². The first kappa shape index (κ1) is 12.5. The SMILES string of the molecule is CCNc1ncc(C)c(NC2CCCSC2)n1. The van der Waals surface area contributed by atoms with Gasteiger partial charge in [-0.25, -0.2) is 4.98 Å². The molecule has 2 rings (SSSR count). The second-order valence-electron chi connectivity index (χ2n) is 4.31. The molecule has 1 saturated heterocycles. The zero-order chi connectivity index (χ0) is 12.1. The van der Waals surface area contributed by atoms with Gasteiger partial charge in [0.2, 0.25) is 5.95 Å². The summed E-state index contributed by atoms with van der Waals surface area (Å²) < 4.78 is 0. The third kappa shape index (κ3) is 3.49. The van der Waals surface area contributed by atoms with Crippen LogP contribution in [0.3, 0.4) is 0 Å². The Labute approximate surface area is 107 Å². The van der Waals surface area contributed by atoms with Gasteiger partial charge in [-0.2, -0.15) is 16.7 Å². The molecule has 0 radical (unpaired) electrons. The predicted octanol–water partition coefficient (Wildman–Crippen LogP) is 2.52. The van der Waals surface area contributed by atoms with E-state index in [0.717, 1.165) is 17.9 Å². The van der Waals surface area contributed by atoms with Gasteiger partial charge in [-0.1, -0.05) is 0 Å².